The molecule has 1 amide bonds. The van der Waals surface area contributed by atoms with E-state index >= 15 is 0 Å². The Morgan fingerprint density at radius 1 is 1.03 bits per heavy atom. The standard InChI is InChI=1S/C20H16F4N2O3S2/c21-15-8-6-13(7-9-15)19(17-5-2-10-30-17)26-18(27)12-25-31(28,29)16-4-1-3-14(11-16)20(22,23)24/h1-11,19,25H,12H2,(H,26,27). The summed E-state index contributed by atoms with van der Waals surface area (Å²) in [5.74, 6) is -1.16. The molecule has 1 atom stereocenters. The molecular formula is C20H16F4N2O3S2. The molecule has 1 aromatic heterocycles. The number of nitrogens with one attached hydrogen (secondary N) is 2. The Kier molecular flexibility index (Phi) is 6.77. The predicted octanol–water partition coefficient (Wildman–Crippen LogP) is 4.09. The van der Waals surface area contributed by atoms with Crippen LogP contribution >= 0.6 is 11.3 Å². The van der Waals surface area contributed by atoms with Crippen molar-refractivity contribution in [1.29, 1.82) is 0 Å². The Bertz CT molecular complexity index is 1150. The van der Waals surface area contributed by atoms with Crippen LogP contribution in [0.5, 0.6) is 0 Å². The Hall–Kier alpha value is -2.76. The largest absolute Gasteiger partial charge is 0.416 e. The Balaban J connectivity index is 1.72. The molecule has 5 nitrogen and oxygen atoms in total. The molecule has 164 valence electrons. The molecule has 0 bridgehead atoms. The van der Waals surface area contributed by atoms with Gasteiger partial charge in [0.1, 0.15) is 5.82 Å². The molecule has 3 aromatic rings. The lowest BCUT2D eigenvalue weighted by molar-refractivity contribution is -0.137. The Morgan fingerprint density at radius 3 is 2.35 bits per heavy atom. The summed E-state index contributed by atoms with van der Waals surface area (Å²) in [5, 5.41) is 4.44. The van der Waals surface area contributed by atoms with Crippen LogP contribution in [0, 0.1) is 5.82 Å². The lowest BCUT2D eigenvalue weighted by Crippen LogP contribution is -2.38. The van der Waals surface area contributed by atoms with E-state index in [2.05, 4.69) is 5.32 Å². The lowest BCUT2D eigenvalue weighted by Gasteiger charge is -2.18. The summed E-state index contributed by atoms with van der Waals surface area (Å²) in [7, 11) is -4.36. The van der Waals surface area contributed by atoms with Crippen LogP contribution < -0.4 is 10.0 Å². The van der Waals surface area contributed by atoms with Crippen molar-refractivity contribution in [3.05, 3.63) is 87.9 Å². The van der Waals surface area contributed by atoms with E-state index in [9.17, 15) is 30.8 Å². The normalized spacial score (nSPS) is 13.0. The highest BCUT2D eigenvalue weighted by Gasteiger charge is 2.31. The van der Waals surface area contributed by atoms with Crippen molar-refractivity contribution in [3.63, 3.8) is 0 Å². The van der Waals surface area contributed by atoms with Gasteiger partial charge in [-0.05, 0) is 47.3 Å². The SMILES string of the molecule is O=C(CNS(=O)(=O)c1cccc(C(F)(F)F)c1)NC(c1ccc(F)cc1)c1cccs1. The number of rotatable bonds is 7. The van der Waals surface area contributed by atoms with E-state index in [1.165, 1.54) is 35.6 Å². The third-order valence-electron chi connectivity index (χ3n) is 4.23. The summed E-state index contributed by atoms with van der Waals surface area (Å²) < 4.78 is 78.4. The summed E-state index contributed by atoms with van der Waals surface area (Å²) in [6.07, 6.45) is -4.70. The fraction of sp³-hybridized carbons (Fsp3) is 0.150. The van der Waals surface area contributed by atoms with Crippen LogP contribution in [0.25, 0.3) is 0 Å². The van der Waals surface area contributed by atoms with Gasteiger partial charge in [-0.3, -0.25) is 4.79 Å². The first-order valence-electron chi connectivity index (χ1n) is 8.81. The third kappa shape index (κ3) is 5.90. The molecule has 11 heteroatoms. The zero-order valence-corrected chi connectivity index (χ0v) is 17.3. The molecule has 3 rings (SSSR count). The molecule has 31 heavy (non-hydrogen) atoms. The van der Waals surface area contributed by atoms with Crippen molar-refractivity contribution < 1.29 is 30.8 Å². The average Bonchev–Trinajstić information content (AvgIpc) is 3.25. The maximum absolute atomic E-state index is 13.2. The zero-order valence-electron chi connectivity index (χ0n) is 15.7. The highest BCUT2D eigenvalue weighted by atomic mass is 32.2. The van der Waals surface area contributed by atoms with Gasteiger partial charge in [-0.2, -0.15) is 13.2 Å². The minimum absolute atomic E-state index is 0.450. The van der Waals surface area contributed by atoms with Gasteiger partial charge in [0, 0.05) is 4.88 Å². The van der Waals surface area contributed by atoms with E-state index in [1.807, 2.05) is 4.72 Å². The highest BCUT2D eigenvalue weighted by molar-refractivity contribution is 7.89. The van der Waals surface area contributed by atoms with Gasteiger partial charge in [-0.15, -0.1) is 11.3 Å². The first-order chi connectivity index (χ1) is 14.6. The number of halogens is 4. The second kappa shape index (κ2) is 9.16. The number of carbonyl (C=O) groups excluding carboxylic acids is 1. The highest BCUT2D eigenvalue weighted by Crippen LogP contribution is 2.30. The van der Waals surface area contributed by atoms with Crippen molar-refractivity contribution in [2.24, 2.45) is 0 Å². The van der Waals surface area contributed by atoms with Gasteiger partial charge in [0.15, 0.2) is 0 Å². The summed E-state index contributed by atoms with van der Waals surface area (Å²) >= 11 is 1.34. The molecule has 0 spiro atoms. The second-order valence-electron chi connectivity index (χ2n) is 6.42. The monoisotopic (exact) mass is 472 g/mol. The minimum Gasteiger partial charge on any atom is -0.343 e. The van der Waals surface area contributed by atoms with Crippen molar-refractivity contribution in [2.75, 3.05) is 6.54 Å². The van der Waals surface area contributed by atoms with Gasteiger partial charge in [0.2, 0.25) is 15.9 Å². The fourth-order valence-electron chi connectivity index (χ4n) is 2.72. The van der Waals surface area contributed by atoms with E-state index in [0.29, 0.717) is 11.6 Å². The van der Waals surface area contributed by atoms with Gasteiger partial charge in [-0.1, -0.05) is 24.3 Å². The zero-order chi connectivity index (χ0) is 22.6. The molecule has 0 radical (unpaired) electrons. The molecule has 0 saturated carbocycles. The third-order valence-corrected chi connectivity index (χ3v) is 6.57. The number of thiophene rings is 1. The fourth-order valence-corrected chi connectivity index (χ4v) is 4.56. The van der Waals surface area contributed by atoms with Crippen molar-refractivity contribution in [3.8, 4) is 0 Å². The molecule has 0 fully saturated rings. The quantitative estimate of drug-likeness (QED) is 0.509. The number of amides is 1. The van der Waals surface area contributed by atoms with Gasteiger partial charge in [-0.25, -0.2) is 17.5 Å². The maximum atomic E-state index is 13.2. The molecule has 0 aliphatic rings. The van der Waals surface area contributed by atoms with Crippen LogP contribution in [0.15, 0.2) is 70.9 Å². The maximum Gasteiger partial charge on any atom is 0.416 e. The number of sulfonamides is 1. The van der Waals surface area contributed by atoms with Crippen LogP contribution in [0.1, 0.15) is 22.0 Å². The molecule has 0 aliphatic carbocycles. The van der Waals surface area contributed by atoms with Crippen LogP contribution in [0.4, 0.5) is 17.6 Å². The molecule has 0 aliphatic heterocycles. The molecule has 2 aromatic carbocycles. The Morgan fingerprint density at radius 2 is 1.74 bits per heavy atom. The summed E-state index contributed by atoms with van der Waals surface area (Å²) in [5.41, 5.74) is -0.535. The first-order valence-corrected chi connectivity index (χ1v) is 11.2. The van der Waals surface area contributed by atoms with Crippen LogP contribution in [0.3, 0.4) is 0 Å². The molecular weight excluding hydrogens is 456 g/mol. The van der Waals surface area contributed by atoms with Gasteiger partial charge >= 0.3 is 6.18 Å². The van der Waals surface area contributed by atoms with E-state index in [0.717, 1.165) is 23.1 Å². The molecule has 1 unspecified atom stereocenters. The van der Waals surface area contributed by atoms with Crippen LogP contribution in [0.2, 0.25) is 0 Å². The van der Waals surface area contributed by atoms with E-state index < -0.39 is 51.0 Å². The first kappa shape index (κ1) is 22.9. The topological polar surface area (TPSA) is 75.3 Å². The summed E-state index contributed by atoms with van der Waals surface area (Å²) in [6, 6.07) is 11.5. The van der Waals surface area contributed by atoms with Gasteiger partial charge in [0.25, 0.3) is 0 Å². The van der Waals surface area contributed by atoms with Crippen molar-refractivity contribution in [2.45, 2.75) is 17.1 Å². The number of hydrogen-bond donors (Lipinski definition) is 2. The summed E-state index contributed by atoms with van der Waals surface area (Å²) in [4.78, 5) is 12.5. The molecule has 2 N–H and O–H groups in total. The van der Waals surface area contributed by atoms with Crippen molar-refractivity contribution in [1.82, 2.24) is 10.0 Å². The van der Waals surface area contributed by atoms with Crippen LogP contribution in [-0.2, 0) is 21.0 Å². The lowest BCUT2D eigenvalue weighted by atomic mass is 10.1. The number of hydrogen-bond acceptors (Lipinski definition) is 4. The van der Waals surface area contributed by atoms with E-state index in [1.54, 1.807) is 17.5 Å². The van der Waals surface area contributed by atoms with E-state index in [-0.39, 0.29) is 0 Å². The van der Waals surface area contributed by atoms with Gasteiger partial charge < -0.3 is 5.32 Å². The smallest absolute Gasteiger partial charge is 0.343 e. The number of benzene rings is 2. The number of alkyl halides is 3. The van der Waals surface area contributed by atoms with Crippen LogP contribution in [-0.4, -0.2) is 20.9 Å². The summed E-state index contributed by atoms with van der Waals surface area (Å²) in [6.45, 7) is -0.693. The van der Waals surface area contributed by atoms with E-state index in [4.69, 9.17) is 0 Å². The van der Waals surface area contributed by atoms with Crippen molar-refractivity contribution >= 4 is 27.3 Å². The average molecular weight is 472 g/mol. The molecule has 0 saturated heterocycles. The second-order valence-corrected chi connectivity index (χ2v) is 9.16. The minimum atomic E-state index is -4.70. The number of carbonyl (C=O) groups is 1. The molecule has 1 heterocycles. The van der Waals surface area contributed by atoms with Gasteiger partial charge in [0.05, 0.1) is 23.0 Å². The Labute approximate surface area is 179 Å². The predicted molar refractivity (Wildman–Crippen MR) is 107 cm³/mol.